The zero-order valence-electron chi connectivity index (χ0n) is 65.5. The summed E-state index contributed by atoms with van der Waals surface area (Å²) >= 11 is 0. The van der Waals surface area contributed by atoms with E-state index in [-0.39, 0.29) is 0 Å². The number of ether oxygens (including phenoxy) is 6. The average Bonchev–Trinajstić information content (AvgIpc) is 0.826. The lowest BCUT2D eigenvalue weighted by Gasteiger charge is -2.19. The molecule has 0 saturated heterocycles. The van der Waals surface area contributed by atoms with Crippen LogP contribution < -0.4 is 28.4 Å². The van der Waals surface area contributed by atoms with Crippen molar-refractivity contribution in [2.24, 2.45) is 0 Å². The molecule has 2 aromatic carbocycles. The molecule has 2 aromatic heterocycles. The molecular formula is C92H148N2O6. The molecule has 0 unspecified atom stereocenters. The van der Waals surface area contributed by atoms with Crippen molar-refractivity contribution < 1.29 is 28.4 Å². The number of hydrogen-bond acceptors (Lipinski definition) is 8. The maximum atomic E-state index is 6.80. The van der Waals surface area contributed by atoms with Crippen molar-refractivity contribution in [1.82, 2.24) is 9.97 Å². The normalized spacial score (nSPS) is 11.1. The monoisotopic (exact) mass is 1380 g/mol. The lowest BCUT2D eigenvalue weighted by molar-refractivity contribution is 0.234. The molecule has 0 amide bonds. The van der Waals surface area contributed by atoms with Gasteiger partial charge in [0.15, 0.2) is 23.0 Å². The first-order valence-corrected chi connectivity index (χ1v) is 42.6. The molecule has 0 fully saturated rings. The molecule has 100 heavy (non-hydrogen) atoms. The van der Waals surface area contributed by atoms with Crippen LogP contribution in [0.4, 0.5) is 0 Å². The van der Waals surface area contributed by atoms with E-state index in [1.54, 1.807) is 0 Å². The molecule has 562 valence electrons. The number of aromatic nitrogens is 2. The van der Waals surface area contributed by atoms with Crippen LogP contribution >= 0.6 is 0 Å². The molecule has 0 saturated carbocycles. The average molecular weight is 1380 g/mol. The lowest BCUT2D eigenvalue weighted by Crippen LogP contribution is -2.07. The second-order valence-corrected chi connectivity index (χ2v) is 29.0. The highest BCUT2D eigenvalue weighted by molar-refractivity contribution is 5.64. The molecule has 0 spiro atoms. The van der Waals surface area contributed by atoms with Gasteiger partial charge in [-0.05, 0) is 87.1 Å². The van der Waals surface area contributed by atoms with Gasteiger partial charge in [0.05, 0.1) is 62.2 Å². The highest BCUT2D eigenvalue weighted by Crippen LogP contribution is 2.43. The molecule has 4 aromatic rings. The second kappa shape index (κ2) is 63.4. The number of hydrogen-bond donors (Lipinski definition) is 0. The van der Waals surface area contributed by atoms with E-state index in [4.69, 9.17) is 38.4 Å². The molecule has 8 nitrogen and oxygen atoms in total. The lowest BCUT2D eigenvalue weighted by atomic mass is 10.1. The minimum Gasteiger partial charge on any atom is -0.490 e. The van der Waals surface area contributed by atoms with Gasteiger partial charge in [-0.1, -0.05) is 373 Å². The topological polar surface area (TPSA) is 81.2 Å². The van der Waals surface area contributed by atoms with Gasteiger partial charge in [0, 0.05) is 23.5 Å². The minimum atomic E-state index is 0.612. The number of rotatable bonds is 67. The summed E-state index contributed by atoms with van der Waals surface area (Å²) in [6.07, 6.45) is 72.0. The summed E-state index contributed by atoms with van der Waals surface area (Å²) < 4.78 is 40.4. The molecule has 0 aliphatic rings. The van der Waals surface area contributed by atoms with Crippen LogP contribution in [0.1, 0.15) is 411 Å². The second-order valence-electron chi connectivity index (χ2n) is 29.0. The third-order valence-corrected chi connectivity index (χ3v) is 19.6. The Hall–Kier alpha value is -5.34. The fraction of sp³-hybridized carbons (Fsp3) is 0.717. The van der Waals surface area contributed by atoms with E-state index in [9.17, 15) is 0 Å². The predicted octanol–water partition coefficient (Wildman–Crippen LogP) is 28.4. The zero-order valence-corrected chi connectivity index (χ0v) is 65.5. The summed E-state index contributed by atoms with van der Waals surface area (Å²) in [5, 5.41) is 0. The van der Waals surface area contributed by atoms with E-state index in [0.29, 0.717) is 62.6 Å². The van der Waals surface area contributed by atoms with E-state index in [1.165, 1.54) is 283 Å². The Bertz CT molecular complexity index is 2480. The maximum Gasteiger partial charge on any atom is 0.204 e. The van der Waals surface area contributed by atoms with Crippen molar-refractivity contribution in [3.05, 3.63) is 83.2 Å². The van der Waals surface area contributed by atoms with Crippen LogP contribution in [0.5, 0.6) is 34.5 Å². The van der Waals surface area contributed by atoms with Crippen LogP contribution in [0.3, 0.4) is 0 Å². The van der Waals surface area contributed by atoms with Gasteiger partial charge in [0.2, 0.25) is 11.5 Å². The van der Waals surface area contributed by atoms with Gasteiger partial charge in [-0.15, -0.1) is 0 Å². The molecular weight excluding hydrogens is 1230 g/mol. The Kier molecular flexibility index (Phi) is 55.2. The molecule has 8 heteroatoms. The van der Waals surface area contributed by atoms with E-state index < -0.39 is 0 Å². The minimum absolute atomic E-state index is 0.612. The third kappa shape index (κ3) is 42.9. The van der Waals surface area contributed by atoms with Crippen molar-refractivity contribution in [1.29, 1.82) is 0 Å². The van der Waals surface area contributed by atoms with E-state index >= 15 is 0 Å². The van der Waals surface area contributed by atoms with E-state index in [0.717, 1.165) is 109 Å². The van der Waals surface area contributed by atoms with Crippen molar-refractivity contribution in [2.45, 2.75) is 388 Å². The number of benzene rings is 2. The van der Waals surface area contributed by atoms with Gasteiger partial charge in [-0.25, -0.2) is 0 Å². The largest absolute Gasteiger partial charge is 0.490 e. The van der Waals surface area contributed by atoms with E-state index in [2.05, 4.69) is 89.5 Å². The Morgan fingerprint density at radius 2 is 0.420 bits per heavy atom. The number of nitrogens with zero attached hydrogens (tertiary/aromatic N) is 2. The van der Waals surface area contributed by atoms with Crippen molar-refractivity contribution in [3.8, 4) is 69.6 Å². The Morgan fingerprint density at radius 3 is 0.640 bits per heavy atom. The summed E-state index contributed by atoms with van der Waals surface area (Å²) in [6, 6.07) is 16.3. The number of unbranched alkanes of at least 4 members (excludes halogenated alkanes) is 48. The van der Waals surface area contributed by atoms with Gasteiger partial charge >= 0.3 is 0 Å². The van der Waals surface area contributed by atoms with Crippen LogP contribution in [0, 0.1) is 23.7 Å². The number of pyridine rings is 2. The SMILES string of the molecule is CCCCCCCCCCCOc1ccc(C#Cc2ccc(-c3ccc(C#Cc4ccc(OCCCCCCCCCCC)c(OCCCCCCCCCCC)c4OCCCCCCCCCCC)cn3)nc2)c(OCCCCCCCCCCC)c1OCCCCCCCCCCC. The van der Waals surface area contributed by atoms with Crippen LogP contribution in [0.15, 0.2) is 60.9 Å². The van der Waals surface area contributed by atoms with Crippen LogP contribution in [-0.2, 0) is 0 Å². The quantitative estimate of drug-likeness (QED) is 0.0319. The molecule has 0 radical (unpaired) electrons. The first kappa shape index (κ1) is 87.1. The summed E-state index contributed by atoms with van der Waals surface area (Å²) in [4.78, 5) is 9.80. The first-order valence-electron chi connectivity index (χ1n) is 42.6. The van der Waals surface area contributed by atoms with Crippen LogP contribution in [0.2, 0.25) is 0 Å². The maximum absolute atomic E-state index is 6.80. The molecule has 2 heterocycles. The molecule has 0 atom stereocenters. The van der Waals surface area contributed by atoms with Crippen LogP contribution in [-0.4, -0.2) is 49.6 Å². The highest BCUT2D eigenvalue weighted by Gasteiger charge is 2.20. The zero-order chi connectivity index (χ0) is 70.9. The van der Waals surface area contributed by atoms with Gasteiger partial charge < -0.3 is 28.4 Å². The molecule has 0 aliphatic carbocycles. The summed E-state index contributed by atoms with van der Waals surface area (Å²) in [7, 11) is 0. The highest BCUT2D eigenvalue weighted by atomic mass is 16.5. The first-order chi connectivity index (χ1) is 49.6. The molecule has 4 rings (SSSR count). The van der Waals surface area contributed by atoms with Crippen molar-refractivity contribution >= 4 is 0 Å². The van der Waals surface area contributed by atoms with Gasteiger partial charge in [0.1, 0.15) is 0 Å². The third-order valence-electron chi connectivity index (χ3n) is 19.6. The Morgan fingerprint density at radius 1 is 0.210 bits per heavy atom. The smallest absolute Gasteiger partial charge is 0.204 e. The predicted molar refractivity (Wildman–Crippen MR) is 429 cm³/mol. The standard InChI is InChI=1S/C92H148N2O6/c1-7-13-19-25-31-37-43-49-55-73-95-87-71-67-83(89(97-75-57-51-45-39-33-27-21-15-9-3)91(87)99-77-59-53-47-41-35-29-23-17-11-5)65-61-81-63-69-85(93-79-81)86-70-64-82(80-94-86)62-66-84-68-72-88(96-74-56-50-44-38-32-26-20-14-8-2)92(100-78-60-54-48-42-36-30-24-18-12-6)90(84)98-76-58-52-46-40-34-28-22-16-10-4/h63-64,67-72,79-80H,7-60,73-78H2,1-6H3. The Labute approximate surface area is 615 Å². The van der Waals surface area contributed by atoms with Crippen molar-refractivity contribution in [2.75, 3.05) is 39.6 Å². The molecule has 0 N–H and O–H groups in total. The van der Waals surface area contributed by atoms with Gasteiger partial charge in [-0.3, -0.25) is 9.97 Å². The molecule has 0 bridgehead atoms. The van der Waals surface area contributed by atoms with Gasteiger partial charge in [0.25, 0.3) is 0 Å². The Balaban J connectivity index is 1.56. The van der Waals surface area contributed by atoms with Crippen molar-refractivity contribution in [3.63, 3.8) is 0 Å². The molecule has 0 aliphatic heterocycles. The fourth-order valence-electron chi connectivity index (χ4n) is 13.1. The van der Waals surface area contributed by atoms with E-state index in [1.807, 2.05) is 36.7 Å². The summed E-state index contributed by atoms with van der Waals surface area (Å²) in [5.41, 5.74) is 4.78. The summed E-state index contributed by atoms with van der Waals surface area (Å²) in [6.45, 7) is 17.5. The fourth-order valence-corrected chi connectivity index (χ4v) is 13.1. The van der Waals surface area contributed by atoms with Crippen LogP contribution in [0.25, 0.3) is 11.4 Å². The summed E-state index contributed by atoms with van der Waals surface area (Å²) in [5.74, 6) is 18.2. The van der Waals surface area contributed by atoms with Gasteiger partial charge in [-0.2, -0.15) is 0 Å².